The molecule has 0 bridgehead atoms. The first-order valence-electron chi connectivity index (χ1n) is 4.54. The normalized spacial score (nSPS) is 13.4. The van der Waals surface area contributed by atoms with Gasteiger partial charge >= 0.3 is 23.6 Å². The third-order valence-corrected chi connectivity index (χ3v) is 2.10. The van der Waals surface area contributed by atoms with E-state index in [-0.39, 0.29) is 4.68 Å². The van der Waals surface area contributed by atoms with E-state index >= 15 is 0 Å². The van der Waals surface area contributed by atoms with Crippen molar-refractivity contribution in [1.29, 1.82) is 0 Å². The second-order valence-corrected chi connectivity index (χ2v) is 3.47. The number of nitrogens with one attached hydrogen (secondary N) is 1. The molecule has 0 saturated carbocycles. The van der Waals surface area contributed by atoms with E-state index in [1.54, 1.807) is 0 Å². The fourth-order valence-corrected chi connectivity index (χ4v) is 1.04. The molecule has 0 spiro atoms. The molecular formula is C7H5F7N4O2. The standard InChI is InChI=1S/C7H5F7N4O2/c1-18-3(19)2(17-20)15-4(16-18)5(8,9)6(10,11)7(12,13)14/h20H,1H3,(H,15,16,17). The maximum absolute atomic E-state index is 13.2. The van der Waals surface area contributed by atoms with Crippen LogP contribution in [0.15, 0.2) is 4.79 Å². The van der Waals surface area contributed by atoms with Crippen molar-refractivity contribution in [3.63, 3.8) is 0 Å². The van der Waals surface area contributed by atoms with E-state index in [1.807, 2.05) is 0 Å². The number of nitrogens with zero attached hydrogens (tertiary/aromatic N) is 3. The second kappa shape index (κ2) is 4.57. The molecule has 0 aromatic carbocycles. The zero-order chi connectivity index (χ0) is 15.9. The number of anilines is 1. The van der Waals surface area contributed by atoms with Crippen molar-refractivity contribution in [2.24, 2.45) is 7.05 Å². The molecule has 1 rings (SSSR count). The fraction of sp³-hybridized carbons (Fsp3) is 0.571. The Hall–Kier alpha value is -1.92. The molecule has 0 aliphatic rings. The molecule has 0 atom stereocenters. The number of aryl methyl sites for hydroxylation is 1. The van der Waals surface area contributed by atoms with Crippen LogP contribution in [0.4, 0.5) is 36.6 Å². The Morgan fingerprint density at radius 3 is 2.05 bits per heavy atom. The van der Waals surface area contributed by atoms with Crippen molar-refractivity contribution < 1.29 is 35.9 Å². The van der Waals surface area contributed by atoms with Crippen molar-refractivity contribution in [1.82, 2.24) is 14.8 Å². The van der Waals surface area contributed by atoms with Gasteiger partial charge in [-0.1, -0.05) is 0 Å². The average molecular weight is 310 g/mol. The number of halogens is 7. The van der Waals surface area contributed by atoms with Crippen molar-refractivity contribution in [2.75, 3.05) is 5.48 Å². The van der Waals surface area contributed by atoms with Gasteiger partial charge in [0, 0.05) is 7.05 Å². The lowest BCUT2D eigenvalue weighted by Crippen LogP contribution is -2.51. The Morgan fingerprint density at radius 2 is 1.65 bits per heavy atom. The highest BCUT2D eigenvalue weighted by Gasteiger charge is 2.75. The molecule has 1 aromatic rings. The molecule has 0 fully saturated rings. The molecule has 13 heteroatoms. The van der Waals surface area contributed by atoms with Gasteiger partial charge in [0.05, 0.1) is 0 Å². The zero-order valence-electron chi connectivity index (χ0n) is 9.34. The average Bonchev–Trinajstić information content (AvgIpc) is 2.30. The Bertz CT molecular complexity index is 567. The van der Waals surface area contributed by atoms with E-state index in [2.05, 4.69) is 10.1 Å². The van der Waals surface area contributed by atoms with Gasteiger partial charge in [0.1, 0.15) is 0 Å². The number of rotatable bonds is 3. The predicted octanol–water partition coefficient (Wildman–Crippen LogP) is 1.27. The summed E-state index contributed by atoms with van der Waals surface area (Å²) in [6.07, 6.45) is -6.57. The summed E-state index contributed by atoms with van der Waals surface area (Å²) in [5.41, 5.74) is -0.322. The van der Waals surface area contributed by atoms with Crippen molar-refractivity contribution >= 4 is 5.82 Å². The highest BCUT2D eigenvalue weighted by molar-refractivity contribution is 5.28. The van der Waals surface area contributed by atoms with Crippen LogP contribution in [-0.2, 0) is 13.0 Å². The van der Waals surface area contributed by atoms with Crippen molar-refractivity contribution in [2.45, 2.75) is 18.0 Å². The third kappa shape index (κ3) is 2.28. The van der Waals surface area contributed by atoms with Gasteiger partial charge in [-0.25, -0.2) is 15.1 Å². The topological polar surface area (TPSA) is 80.0 Å². The van der Waals surface area contributed by atoms with Gasteiger partial charge in [0.25, 0.3) is 0 Å². The van der Waals surface area contributed by atoms with Crippen LogP contribution < -0.4 is 11.0 Å². The summed E-state index contributed by atoms with van der Waals surface area (Å²) in [6.45, 7) is 0. The minimum atomic E-state index is -6.57. The summed E-state index contributed by atoms with van der Waals surface area (Å²) >= 11 is 0. The first-order chi connectivity index (χ1) is 8.86. The zero-order valence-corrected chi connectivity index (χ0v) is 9.34. The van der Waals surface area contributed by atoms with Crippen molar-refractivity contribution in [3.8, 4) is 0 Å². The van der Waals surface area contributed by atoms with Crippen LogP contribution >= 0.6 is 0 Å². The highest BCUT2D eigenvalue weighted by atomic mass is 19.4. The predicted molar refractivity (Wildman–Crippen MR) is 47.6 cm³/mol. The van der Waals surface area contributed by atoms with Crippen LogP contribution in [-0.4, -0.2) is 32.1 Å². The molecule has 20 heavy (non-hydrogen) atoms. The van der Waals surface area contributed by atoms with Gasteiger partial charge in [-0.2, -0.15) is 30.7 Å². The van der Waals surface area contributed by atoms with E-state index in [1.165, 1.54) is 0 Å². The van der Waals surface area contributed by atoms with Gasteiger partial charge in [0.2, 0.25) is 11.6 Å². The molecule has 1 heterocycles. The Balaban J connectivity index is 3.51. The molecule has 0 radical (unpaired) electrons. The van der Waals surface area contributed by atoms with Gasteiger partial charge in [-0.05, 0) is 0 Å². The number of alkyl halides is 7. The maximum atomic E-state index is 13.2. The molecule has 0 amide bonds. The summed E-state index contributed by atoms with van der Waals surface area (Å²) < 4.78 is 87.8. The van der Waals surface area contributed by atoms with Gasteiger partial charge < -0.3 is 0 Å². The number of hydrogen-bond acceptors (Lipinski definition) is 5. The molecule has 6 nitrogen and oxygen atoms in total. The van der Waals surface area contributed by atoms with E-state index < -0.39 is 35.2 Å². The molecular weight excluding hydrogens is 305 g/mol. The second-order valence-electron chi connectivity index (χ2n) is 3.47. The largest absolute Gasteiger partial charge is 0.460 e. The van der Waals surface area contributed by atoms with E-state index in [0.29, 0.717) is 7.05 Å². The number of hydrogen-bond donors (Lipinski definition) is 2. The van der Waals surface area contributed by atoms with E-state index in [4.69, 9.17) is 5.21 Å². The summed E-state index contributed by atoms with van der Waals surface area (Å²) in [5, 5.41) is 10.9. The third-order valence-electron chi connectivity index (χ3n) is 2.10. The summed E-state index contributed by atoms with van der Waals surface area (Å²) in [4.78, 5) is 13.6. The fourth-order valence-electron chi connectivity index (χ4n) is 1.04. The lowest BCUT2D eigenvalue weighted by Gasteiger charge is -2.26. The minimum absolute atomic E-state index is 0.0151. The van der Waals surface area contributed by atoms with Gasteiger partial charge in [-0.3, -0.25) is 10.0 Å². The molecule has 0 aliphatic heterocycles. The highest BCUT2D eigenvalue weighted by Crippen LogP contribution is 2.50. The van der Waals surface area contributed by atoms with Gasteiger partial charge in [-0.15, -0.1) is 5.10 Å². The van der Waals surface area contributed by atoms with Crippen LogP contribution in [0.2, 0.25) is 0 Å². The van der Waals surface area contributed by atoms with Gasteiger partial charge in [0.15, 0.2) is 0 Å². The molecule has 0 saturated heterocycles. The summed E-state index contributed by atoms with van der Waals surface area (Å²) in [6, 6.07) is 0. The van der Waals surface area contributed by atoms with Crippen LogP contribution in [0.1, 0.15) is 5.82 Å². The van der Waals surface area contributed by atoms with E-state index in [9.17, 15) is 35.5 Å². The summed E-state index contributed by atoms with van der Waals surface area (Å²) in [7, 11) is 0.691. The molecule has 0 aliphatic carbocycles. The maximum Gasteiger partial charge on any atom is 0.460 e. The Labute approximate surface area is 104 Å². The SMILES string of the molecule is Cn1nc(C(F)(F)C(F)(F)C(F)(F)F)nc(NO)c1=O. The monoisotopic (exact) mass is 310 g/mol. The quantitative estimate of drug-likeness (QED) is 0.649. The Kier molecular flexibility index (Phi) is 3.69. The first kappa shape index (κ1) is 16.1. The van der Waals surface area contributed by atoms with Crippen LogP contribution in [0.5, 0.6) is 0 Å². The smallest absolute Gasteiger partial charge is 0.290 e. The van der Waals surface area contributed by atoms with Crippen LogP contribution in [0.3, 0.4) is 0 Å². The first-order valence-corrected chi connectivity index (χ1v) is 4.54. The summed E-state index contributed by atoms with van der Waals surface area (Å²) in [5.74, 6) is -15.9. The molecule has 0 unspecified atom stereocenters. The number of aromatic nitrogens is 3. The van der Waals surface area contributed by atoms with E-state index in [0.717, 1.165) is 5.48 Å². The van der Waals surface area contributed by atoms with Crippen LogP contribution in [0, 0.1) is 0 Å². The molecule has 2 N–H and O–H groups in total. The van der Waals surface area contributed by atoms with Crippen LogP contribution in [0.25, 0.3) is 0 Å². The molecule has 114 valence electrons. The lowest BCUT2D eigenvalue weighted by atomic mass is 10.1. The molecule has 1 aromatic heterocycles. The Morgan fingerprint density at radius 1 is 1.15 bits per heavy atom. The minimum Gasteiger partial charge on any atom is -0.290 e. The van der Waals surface area contributed by atoms with Crippen molar-refractivity contribution in [3.05, 3.63) is 16.2 Å². The lowest BCUT2D eigenvalue weighted by molar-refractivity contribution is -0.361.